The molecule has 1 N–H and O–H groups in total. The van der Waals surface area contributed by atoms with Gasteiger partial charge in [0, 0.05) is 24.6 Å². The van der Waals surface area contributed by atoms with Crippen molar-refractivity contribution < 1.29 is 9.18 Å². The molecule has 1 aromatic rings. The van der Waals surface area contributed by atoms with E-state index in [2.05, 4.69) is 15.3 Å². The van der Waals surface area contributed by atoms with Gasteiger partial charge in [0.15, 0.2) is 0 Å². The number of hydrogen-bond donors (Lipinski definition) is 1. The number of carbonyl (C=O) groups excluding carboxylic acids is 1. The fourth-order valence-corrected chi connectivity index (χ4v) is 4.93. The zero-order valence-electron chi connectivity index (χ0n) is 14.0. The Morgan fingerprint density at radius 2 is 2.04 bits per heavy atom. The quantitative estimate of drug-likeness (QED) is 0.921. The number of nitrogens with zero attached hydrogens (tertiary/aromatic N) is 3. The second-order valence-corrected chi connectivity index (χ2v) is 8.63. The van der Waals surface area contributed by atoms with E-state index in [1.807, 2.05) is 17.9 Å². The van der Waals surface area contributed by atoms with Gasteiger partial charge in [0.05, 0.1) is 5.69 Å². The first-order valence-electron chi connectivity index (χ1n) is 8.98. The first-order valence-corrected chi connectivity index (χ1v) is 8.98. The molecule has 1 aliphatic heterocycles. The average molecular weight is 330 g/mol. The van der Waals surface area contributed by atoms with Crippen molar-refractivity contribution in [2.24, 2.45) is 5.41 Å². The van der Waals surface area contributed by atoms with Crippen LogP contribution in [0.5, 0.6) is 0 Å². The van der Waals surface area contributed by atoms with E-state index in [-0.39, 0.29) is 17.4 Å². The van der Waals surface area contributed by atoms with Gasteiger partial charge in [-0.3, -0.25) is 4.79 Å². The summed E-state index contributed by atoms with van der Waals surface area (Å²) < 4.78 is 13.7. The summed E-state index contributed by atoms with van der Waals surface area (Å²) in [5.41, 5.74) is 0.354. The van der Waals surface area contributed by atoms with Crippen molar-refractivity contribution in [1.82, 2.24) is 14.9 Å². The Labute approximate surface area is 141 Å². The van der Waals surface area contributed by atoms with Crippen LogP contribution in [0.4, 0.5) is 10.2 Å². The second kappa shape index (κ2) is 4.46. The molecule has 2 heterocycles. The minimum Gasteiger partial charge on any atom is -0.359 e. The third-order valence-corrected chi connectivity index (χ3v) is 6.62. The summed E-state index contributed by atoms with van der Waals surface area (Å²) in [5, 5.41) is 3.22. The number of carbonyl (C=O) groups is 1. The van der Waals surface area contributed by atoms with Crippen LogP contribution in [0.15, 0.2) is 12.4 Å². The molecule has 1 atom stereocenters. The van der Waals surface area contributed by atoms with Crippen LogP contribution in [0.2, 0.25) is 0 Å². The predicted octanol–water partition coefficient (Wildman–Crippen LogP) is 2.43. The number of nitrogens with one attached hydrogen (secondary N) is 1. The maximum Gasteiger partial charge on any atom is 0.244 e. The molecule has 4 saturated carbocycles. The molecule has 6 rings (SSSR count). The molecule has 4 aliphatic carbocycles. The Hall–Kier alpha value is -1.72. The highest BCUT2D eigenvalue weighted by atomic mass is 19.1. The monoisotopic (exact) mass is 330 g/mol. The summed E-state index contributed by atoms with van der Waals surface area (Å²) in [5.74, 6) is 0.811. The number of anilines is 1. The molecule has 5 fully saturated rings. The Kier molecular flexibility index (Phi) is 2.72. The van der Waals surface area contributed by atoms with Gasteiger partial charge < -0.3 is 10.2 Å². The third kappa shape index (κ3) is 2.07. The molecular weight excluding hydrogens is 307 g/mol. The summed E-state index contributed by atoms with van der Waals surface area (Å²) in [6, 6.07) is 1.59. The van der Waals surface area contributed by atoms with Gasteiger partial charge in [-0.1, -0.05) is 0 Å². The smallest absolute Gasteiger partial charge is 0.244 e. The molecule has 0 unspecified atom stereocenters. The van der Waals surface area contributed by atoms with Gasteiger partial charge in [-0.15, -0.1) is 0 Å². The number of rotatable bonds is 4. The fraction of sp³-hybridized carbons (Fsp3) is 0.722. The lowest BCUT2D eigenvalue weighted by Gasteiger charge is -2.65. The topological polar surface area (TPSA) is 58.1 Å². The van der Waals surface area contributed by atoms with Crippen molar-refractivity contribution in [2.45, 2.75) is 62.6 Å². The van der Waals surface area contributed by atoms with E-state index in [0.29, 0.717) is 30.5 Å². The summed E-state index contributed by atoms with van der Waals surface area (Å²) in [7, 11) is 0. The maximum absolute atomic E-state index is 13.7. The standard InChI is InChI=1S/C18H23FN4O/c1-12(15(24)23-5-4-16(10-23)2-3-16)22-14-6-13(20-11-21-14)17-7-18(19,8-17)9-17/h6,11-12H,2-5,7-10H2,1H3,(H,20,21,22)/t12-,17?,18?/m1/s1. The Morgan fingerprint density at radius 1 is 1.29 bits per heavy atom. The molecule has 6 heteroatoms. The van der Waals surface area contributed by atoms with E-state index >= 15 is 0 Å². The van der Waals surface area contributed by atoms with Gasteiger partial charge in [-0.05, 0) is 50.9 Å². The van der Waals surface area contributed by atoms with Crippen LogP contribution >= 0.6 is 0 Å². The summed E-state index contributed by atoms with van der Waals surface area (Å²) >= 11 is 0. The lowest BCUT2D eigenvalue weighted by Crippen LogP contribution is -2.67. The molecule has 5 nitrogen and oxygen atoms in total. The van der Waals surface area contributed by atoms with Crippen molar-refractivity contribution in [2.75, 3.05) is 18.4 Å². The van der Waals surface area contributed by atoms with Gasteiger partial charge >= 0.3 is 0 Å². The number of amides is 1. The van der Waals surface area contributed by atoms with Crippen molar-refractivity contribution in [3.8, 4) is 0 Å². The molecule has 128 valence electrons. The molecule has 1 amide bonds. The van der Waals surface area contributed by atoms with Crippen LogP contribution < -0.4 is 5.32 Å². The number of alkyl halides is 1. The molecule has 0 aromatic carbocycles. The second-order valence-electron chi connectivity index (χ2n) is 8.63. The van der Waals surface area contributed by atoms with Crippen molar-refractivity contribution in [1.29, 1.82) is 0 Å². The van der Waals surface area contributed by atoms with Gasteiger partial charge in [0.2, 0.25) is 5.91 Å². The molecule has 0 radical (unpaired) electrons. The molecule has 1 spiro atoms. The number of halogens is 1. The van der Waals surface area contributed by atoms with Crippen LogP contribution in [0.25, 0.3) is 0 Å². The SMILES string of the molecule is C[C@@H](Nc1cc(C23CC(F)(C2)C3)ncn1)C(=O)N1CCC2(CC2)C1. The zero-order valence-corrected chi connectivity index (χ0v) is 14.0. The van der Waals surface area contributed by atoms with Gasteiger partial charge in [-0.25, -0.2) is 14.4 Å². The molecule has 1 aromatic heterocycles. The lowest BCUT2D eigenvalue weighted by molar-refractivity contribution is -0.160. The maximum atomic E-state index is 13.7. The van der Waals surface area contributed by atoms with Crippen molar-refractivity contribution in [3.63, 3.8) is 0 Å². The van der Waals surface area contributed by atoms with Crippen LogP contribution in [0.1, 0.15) is 51.1 Å². The van der Waals surface area contributed by atoms with Crippen molar-refractivity contribution in [3.05, 3.63) is 18.1 Å². The number of hydrogen-bond acceptors (Lipinski definition) is 4. The van der Waals surface area contributed by atoms with E-state index in [1.165, 1.54) is 19.2 Å². The number of aromatic nitrogens is 2. The highest BCUT2D eigenvalue weighted by molar-refractivity contribution is 5.84. The fourth-order valence-electron chi connectivity index (χ4n) is 4.93. The summed E-state index contributed by atoms with van der Waals surface area (Å²) in [6.45, 7) is 3.68. The van der Waals surface area contributed by atoms with Crippen molar-refractivity contribution >= 4 is 11.7 Å². The molecule has 1 saturated heterocycles. The summed E-state index contributed by atoms with van der Waals surface area (Å²) in [4.78, 5) is 23.2. The minimum absolute atomic E-state index is 0.0747. The minimum atomic E-state index is -0.934. The van der Waals surface area contributed by atoms with Crippen LogP contribution in [-0.4, -0.2) is 45.6 Å². The van der Waals surface area contributed by atoms with Crippen LogP contribution in [0.3, 0.4) is 0 Å². The first kappa shape index (κ1) is 14.6. The van der Waals surface area contributed by atoms with Crippen LogP contribution in [-0.2, 0) is 10.2 Å². The van der Waals surface area contributed by atoms with Gasteiger partial charge in [-0.2, -0.15) is 0 Å². The molecule has 24 heavy (non-hydrogen) atoms. The Balaban J connectivity index is 1.25. The number of likely N-dealkylation sites (tertiary alicyclic amines) is 1. The normalized spacial score (nSPS) is 36.0. The third-order valence-electron chi connectivity index (χ3n) is 6.62. The summed E-state index contributed by atoms with van der Waals surface area (Å²) in [6.07, 6.45) is 6.96. The van der Waals surface area contributed by atoms with E-state index in [1.54, 1.807) is 0 Å². The Morgan fingerprint density at radius 3 is 2.67 bits per heavy atom. The molecule has 5 aliphatic rings. The van der Waals surface area contributed by atoms with E-state index in [4.69, 9.17) is 0 Å². The first-order chi connectivity index (χ1) is 11.4. The predicted molar refractivity (Wildman–Crippen MR) is 87.3 cm³/mol. The van der Waals surface area contributed by atoms with E-state index in [0.717, 1.165) is 25.2 Å². The van der Waals surface area contributed by atoms with Gasteiger partial charge in [0.1, 0.15) is 23.9 Å². The average Bonchev–Trinajstić information content (AvgIpc) is 3.12. The molecule has 2 bridgehead atoms. The van der Waals surface area contributed by atoms with E-state index in [9.17, 15) is 9.18 Å². The van der Waals surface area contributed by atoms with Gasteiger partial charge in [0.25, 0.3) is 0 Å². The highest BCUT2D eigenvalue weighted by Gasteiger charge is 2.70. The largest absolute Gasteiger partial charge is 0.359 e. The van der Waals surface area contributed by atoms with E-state index < -0.39 is 5.67 Å². The zero-order chi connectivity index (χ0) is 16.6. The van der Waals surface area contributed by atoms with Crippen LogP contribution in [0, 0.1) is 5.41 Å². The molecular formula is C18H23FN4O. The Bertz CT molecular complexity index is 697. The highest BCUT2D eigenvalue weighted by Crippen LogP contribution is 2.69. The lowest BCUT2D eigenvalue weighted by atomic mass is 9.41.